The van der Waals surface area contributed by atoms with Crippen LogP contribution in [-0.2, 0) is 4.74 Å². The molecule has 0 bridgehead atoms. The number of hydrogen-bond donors (Lipinski definition) is 2. The highest BCUT2D eigenvalue weighted by Gasteiger charge is 2.17. The van der Waals surface area contributed by atoms with Gasteiger partial charge in [-0.2, -0.15) is 4.98 Å². The maximum Gasteiger partial charge on any atom is 0.407 e. The van der Waals surface area contributed by atoms with Crippen molar-refractivity contribution in [1.82, 2.24) is 10.3 Å². The first-order valence-corrected chi connectivity index (χ1v) is 6.63. The van der Waals surface area contributed by atoms with Crippen molar-refractivity contribution >= 4 is 17.6 Å². The minimum atomic E-state index is -0.579. The number of rotatable bonds is 6. The molecule has 0 radical (unpaired) electrons. The monoisotopic (exact) mass is 312 g/mol. The zero-order valence-corrected chi connectivity index (χ0v) is 13.0. The summed E-state index contributed by atoms with van der Waals surface area (Å²) >= 11 is 0. The summed E-state index contributed by atoms with van der Waals surface area (Å²) in [6.07, 6.45) is -0.553. The maximum atomic E-state index is 11.4. The van der Waals surface area contributed by atoms with Crippen molar-refractivity contribution in [2.24, 2.45) is 0 Å². The average molecular weight is 312 g/mol. The number of methoxy groups -OCH3 is 1. The molecule has 1 heterocycles. The highest BCUT2D eigenvalue weighted by Crippen LogP contribution is 2.24. The van der Waals surface area contributed by atoms with Gasteiger partial charge >= 0.3 is 11.8 Å². The van der Waals surface area contributed by atoms with Gasteiger partial charge in [-0.05, 0) is 20.8 Å². The first-order valence-electron chi connectivity index (χ1n) is 6.63. The van der Waals surface area contributed by atoms with E-state index in [-0.39, 0.29) is 30.5 Å². The molecule has 0 aromatic carbocycles. The molecular weight excluding hydrogens is 292 g/mol. The van der Waals surface area contributed by atoms with Crippen molar-refractivity contribution in [3.63, 3.8) is 0 Å². The average Bonchev–Trinajstić information content (AvgIpc) is 2.41. The second-order valence-corrected chi connectivity index (χ2v) is 5.33. The lowest BCUT2D eigenvalue weighted by Crippen LogP contribution is -2.35. The van der Waals surface area contributed by atoms with E-state index in [2.05, 4.69) is 15.6 Å². The van der Waals surface area contributed by atoms with Gasteiger partial charge < -0.3 is 20.1 Å². The summed E-state index contributed by atoms with van der Waals surface area (Å²) in [5, 5.41) is 16.2. The molecule has 1 amide bonds. The summed E-state index contributed by atoms with van der Waals surface area (Å²) in [7, 11) is 1.42. The summed E-state index contributed by atoms with van der Waals surface area (Å²) in [5.41, 5.74) is -0.747. The number of carbonyl (C=O) groups excluding carboxylic acids is 1. The van der Waals surface area contributed by atoms with Crippen molar-refractivity contribution in [2.75, 3.05) is 25.5 Å². The third-order valence-corrected chi connectivity index (χ3v) is 2.34. The zero-order chi connectivity index (χ0) is 16.8. The van der Waals surface area contributed by atoms with Gasteiger partial charge in [-0.15, -0.1) is 0 Å². The van der Waals surface area contributed by atoms with E-state index in [0.29, 0.717) is 0 Å². The summed E-state index contributed by atoms with van der Waals surface area (Å²) < 4.78 is 9.99. The number of carbonyl (C=O) groups is 1. The summed E-state index contributed by atoms with van der Waals surface area (Å²) in [6.45, 7) is 5.75. The van der Waals surface area contributed by atoms with Gasteiger partial charge in [-0.25, -0.2) is 4.79 Å². The van der Waals surface area contributed by atoms with Crippen LogP contribution < -0.4 is 15.4 Å². The van der Waals surface area contributed by atoms with Crippen LogP contribution >= 0.6 is 0 Å². The Morgan fingerprint density at radius 2 is 2.05 bits per heavy atom. The van der Waals surface area contributed by atoms with Crippen molar-refractivity contribution in [3.8, 4) is 5.88 Å². The molecule has 9 heteroatoms. The van der Waals surface area contributed by atoms with Crippen LogP contribution in [0.4, 0.5) is 16.3 Å². The number of amides is 1. The summed E-state index contributed by atoms with van der Waals surface area (Å²) in [6, 6.07) is 2.71. The van der Waals surface area contributed by atoms with Gasteiger partial charge in [0.05, 0.1) is 12.0 Å². The fraction of sp³-hybridized carbons (Fsp3) is 0.538. The predicted octanol–water partition coefficient (Wildman–Crippen LogP) is 1.93. The van der Waals surface area contributed by atoms with E-state index in [1.165, 1.54) is 19.2 Å². The van der Waals surface area contributed by atoms with E-state index in [4.69, 9.17) is 9.47 Å². The van der Waals surface area contributed by atoms with Crippen LogP contribution in [0.25, 0.3) is 0 Å². The molecule has 0 saturated heterocycles. The van der Waals surface area contributed by atoms with E-state index in [1.807, 2.05) is 0 Å². The standard InChI is InChI=1S/C13H20N4O5/c1-13(2,3)22-12(18)15-8-7-14-11-9(17(19)20)5-6-10(16-11)21-4/h5-6H,7-8H2,1-4H3,(H,14,16)(H,15,18). The highest BCUT2D eigenvalue weighted by atomic mass is 16.6. The normalized spacial score (nSPS) is 10.7. The van der Waals surface area contributed by atoms with Gasteiger partial charge in [0.15, 0.2) is 0 Å². The number of ether oxygens (including phenoxy) is 2. The van der Waals surface area contributed by atoms with E-state index >= 15 is 0 Å². The Morgan fingerprint density at radius 1 is 1.36 bits per heavy atom. The van der Waals surface area contributed by atoms with Crippen LogP contribution in [0.3, 0.4) is 0 Å². The topological polar surface area (TPSA) is 116 Å². The van der Waals surface area contributed by atoms with E-state index in [0.717, 1.165) is 0 Å². The van der Waals surface area contributed by atoms with Crippen LogP contribution in [0.2, 0.25) is 0 Å². The van der Waals surface area contributed by atoms with Gasteiger partial charge in [-0.3, -0.25) is 10.1 Å². The molecule has 9 nitrogen and oxygen atoms in total. The van der Waals surface area contributed by atoms with Gasteiger partial charge in [-0.1, -0.05) is 0 Å². The highest BCUT2D eigenvalue weighted by molar-refractivity contribution is 5.67. The van der Waals surface area contributed by atoms with Crippen LogP contribution in [0.5, 0.6) is 5.88 Å². The fourth-order valence-corrected chi connectivity index (χ4v) is 1.48. The third-order valence-electron chi connectivity index (χ3n) is 2.34. The second kappa shape index (κ2) is 7.43. The Balaban J connectivity index is 2.54. The smallest absolute Gasteiger partial charge is 0.407 e. The lowest BCUT2D eigenvalue weighted by atomic mass is 10.2. The molecular formula is C13H20N4O5. The number of anilines is 1. The maximum absolute atomic E-state index is 11.4. The number of nitro groups is 1. The van der Waals surface area contributed by atoms with Gasteiger partial charge in [0.1, 0.15) is 5.60 Å². The van der Waals surface area contributed by atoms with Crippen LogP contribution in [-0.4, -0.2) is 41.8 Å². The van der Waals surface area contributed by atoms with Gasteiger partial charge in [0, 0.05) is 25.2 Å². The van der Waals surface area contributed by atoms with Gasteiger partial charge in [0.25, 0.3) is 0 Å². The molecule has 1 rings (SSSR count). The molecule has 122 valence electrons. The summed E-state index contributed by atoms with van der Waals surface area (Å²) in [4.78, 5) is 25.8. The van der Waals surface area contributed by atoms with Gasteiger partial charge in [0.2, 0.25) is 11.7 Å². The molecule has 22 heavy (non-hydrogen) atoms. The molecule has 2 N–H and O–H groups in total. The molecule has 0 saturated carbocycles. The number of alkyl carbamates (subject to hydrolysis) is 1. The minimum absolute atomic E-state index is 0.0790. The van der Waals surface area contributed by atoms with Crippen molar-refractivity contribution in [1.29, 1.82) is 0 Å². The first kappa shape index (κ1) is 17.5. The zero-order valence-electron chi connectivity index (χ0n) is 13.0. The third kappa shape index (κ3) is 5.81. The number of nitrogens with one attached hydrogen (secondary N) is 2. The Kier molecular flexibility index (Phi) is 5.90. The first-order chi connectivity index (χ1) is 10.2. The number of pyridine rings is 1. The molecule has 1 aromatic heterocycles. The second-order valence-electron chi connectivity index (χ2n) is 5.33. The summed E-state index contributed by atoms with van der Waals surface area (Å²) in [5.74, 6) is 0.337. The molecule has 0 spiro atoms. The number of hydrogen-bond acceptors (Lipinski definition) is 7. The van der Waals surface area contributed by atoms with Crippen LogP contribution in [0.1, 0.15) is 20.8 Å². The fourth-order valence-electron chi connectivity index (χ4n) is 1.48. The molecule has 0 aliphatic heterocycles. The minimum Gasteiger partial charge on any atom is -0.481 e. The van der Waals surface area contributed by atoms with E-state index in [1.54, 1.807) is 20.8 Å². The Labute approximate surface area is 128 Å². The van der Waals surface area contributed by atoms with Crippen molar-refractivity contribution in [2.45, 2.75) is 26.4 Å². The van der Waals surface area contributed by atoms with E-state index in [9.17, 15) is 14.9 Å². The van der Waals surface area contributed by atoms with Crippen molar-refractivity contribution < 1.29 is 19.2 Å². The Hall–Kier alpha value is -2.58. The molecule has 1 aromatic rings. The van der Waals surface area contributed by atoms with Crippen LogP contribution in [0.15, 0.2) is 12.1 Å². The number of nitrogens with zero attached hydrogens (tertiary/aromatic N) is 2. The lowest BCUT2D eigenvalue weighted by molar-refractivity contribution is -0.384. The Bertz CT molecular complexity index is 542. The Morgan fingerprint density at radius 3 is 2.59 bits per heavy atom. The van der Waals surface area contributed by atoms with Crippen LogP contribution in [0, 0.1) is 10.1 Å². The number of aromatic nitrogens is 1. The lowest BCUT2D eigenvalue weighted by Gasteiger charge is -2.19. The largest absolute Gasteiger partial charge is 0.481 e. The predicted molar refractivity (Wildman–Crippen MR) is 80.2 cm³/mol. The quantitative estimate of drug-likeness (QED) is 0.468. The molecule has 0 atom stereocenters. The SMILES string of the molecule is COc1ccc([N+](=O)[O-])c(NCCNC(=O)OC(C)(C)C)n1. The molecule has 0 aliphatic rings. The molecule has 0 aliphatic carbocycles. The molecule has 0 fully saturated rings. The van der Waals surface area contributed by atoms with Crippen molar-refractivity contribution in [3.05, 3.63) is 22.2 Å². The molecule has 0 unspecified atom stereocenters. The van der Waals surface area contributed by atoms with E-state index < -0.39 is 16.6 Å².